The smallest absolute Gasteiger partial charge is 0.416 e. The molecule has 0 aliphatic heterocycles. The fourth-order valence-corrected chi connectivity index (χ4v) is 1.21. The number of benzene rings is 1. The van der Waals surface area contributed by atoms with Crippen molar-refractivity contribution in [2.75, 3.05) is 18.5 Å². The van der Waals surface area contributed by atoms with Crippen LogP contribution in [-0.4, -0.2) is 30.2 Å². The number of hydrogen-bond acceptors (Lipinski definition) is 3. The Bertz CT molecular complexity index is 516. The zero-order chi connectivity index (χ0) is 15.3. The minimum atomic E-state index is -4.67. The molecule has 0 aliphatic rings. The van der Waals surface area contributed by atoms with Crippen LogP contribution in [0.4, 0.5) is 23.2 Å². The summed E-state index contributed by atoms with van der Waals surface area (Å²) in [5.41, 5.74) is -1.79. The lowest BCUT2D eigenvalue weighted by molar-refractivity contribution is -0.143. The number of carboxylic acid groups (broad SMARTS) is 1. The van der Waals surface area contributed by atoms with E-state index in [1.165, 1.54) is 0 Å². The summed E-state index contributed by atoms with van der Waals surface area (Å²) < 4.78 is 54.9. The zero-order valence-corrected chi connectivity index (χ0v) is 9.83. The molecule has 1 aromatic rings. The molecule has 9 heteroatoms. The predicted molar refractivity (Wildman–Crippen MR) is 58.5 cm³/mol. The van der Waals surface area contributed by atoms with E-state index in [0.29, 0.717) is 18.2 Å². The standard InChI is InChI=1S/C11H9F4NO4/c12-7-2-1-6(11(13,14)15)3-8(7)16-9(17)4-20-5-10(18)19/h1-3H,4-5H2,(H,16,17)(H,18,19). The Morgan fingerprint density at radius 3 is 2.45 bits per heavy atom. The number of anilines is 1. The van der Waals surface area contributed by atoms with Crippen LogP contribution in [0.2, 0.25) is 0 Å². The monoisotopic (exact) mass is 295 g/mol. The van der Waals surface area contributed by atoms with Crippen molar-refractivity contribution in [3.05, 3.63) is 29.6 Å². The highest BCUT2D eigenvalue weighted by molar-refractivity contribution is 5.92. The summed E-state index contributed by atoms with van der Waals surface area (Å²) in [5.74, 6) is -3.34. The molecule has 0 aromatic heterocycles. The molecule has 1 rings (SSSR count). The summed E-state index contributed by atoms with van der Waals surface area (Å²) in [6.45, 7) is -1.47. The Balaban J connectivity index is 2.71. The van der Waals surface area contributed by atoms with Crippen LogP contribution in [0.1, 0.15) is 5.56 Å². The summed E-state index contributed by atoms with van der Waals surface area (Å²) >= 11 is 0. The summed E-state index contributed by atoms with van der Waals surface area (Å²) in [7, 11) is 0. The fraction of sp³-hybridized carbons (Fsp3) is 0.273. The average molecular weight is 295 g/mol. The van der Waals surface area contributed by atoms with E-state index in [1.807, 2.05) is 5.32 Å². The Labute approximate surface area is 110 Å². The molecular weight excluding hydrogens is 286 g/mol. The van der Waals surface area contributed by atoms with Crippen LogP contribution in [0, 0.1) is 5.82 Å². The number of nitrogens with one attached hydrogen (secondary N) is 1. The molecule has 1 aromatic carbocycles. The maximum absolute atomic E-state index is 13.3. The number of halogens is 4. The van der Waals surface area contributed by atoms with Crippen LogP contribution in [0.15, 0.2) is 18.2 Å². The van der Waals surface area contributed by atoms with Crippen molar-refractivity contribution in [1.29, 1.82) is 0 Å². The maximum atomic E-state index is 13.3. The zero-order valence-electron chi connectivity index (χ0n) is 9.83. The number of hydrogen-bond donors (Lipinski definition) is 2. The first-order valence-electron chi connectivity index (χ1n) is 5.16. The van der Waals surface area contributed by atoms with Gasteiger partial charge in [0.1, 0.15) is 19.0 Å². The van der Waals surface area contributed by atoms with Crippen LogP contribution in [0.3, 0.4) is 0 Å². The molecule has 0 atom stereocenters. The van der Waals surface area contributed by atoms with Crippen LogP contribution >= 0.6 is 0 Å². The van der Waals surface area contributed by atoms with E-state index >= 15 is 0 Å². The number of aliphatic carboxylic acids is 1. The summed E-state index contributed by atoms with van der Waals surface area (Å²) in [4.78, 5) is 21.3. The van der Waals surface area contributed by atoms with E-state index in [4.69, 9.17) is 5.11 Å². The molecule has 0 radical (unpaired) electrons. The highest BCUT2D eigenvalue weighted by atomic mass is 19.4. The van der Waals surface area contributed by atoms with E-state index in [9.17, 15) is 27.2 Å². The van der Waals surface area contributed by atoms with Crippen molar-refractivity contribution in [2.24, 2.45) is 0 Å². The van der Waals surface area contributed by atoms with Gasteiger partial charge in [-0.1, -0.05) is 0 Å². The van der Waals surface area contributed by atoms with Gasteiger partial charge in [-0.15, -0.1) is 0 Å². The lowest BCUT2D eigenvalue weighted by Gasteiger charge is -2.10. The summed E-state index contributed by atoms with van der Waals surface area (Å²) in [6, 6.07) is 1.53. The van der Waals surface area contributed by atoms with Gasteiger partial charge in [-0.2, -0.15) is 13.2 Å². The van der Waals surface area contributed by atoms with Gasteiger partial charge in [0.15, 0.2) is 0 Å². The van der Waals surface area contributed by atoms with Gasteiger partial charge in [0.25, 0.3) is 0 Å². The second kappa shape index (κ2) is 6.33. The van der Waals surface area contributed by atoms with Gasteiger partial charge in [0.05, 0.1) is 11.3 Å². The molecule has 0 bridgehead atoms. The number of rotatable bonds is 5. The highest BCUT2D eigenvalue weighted by Gasteiger charge is 2.31. The summed E-state index contributed by atoms with van der Waals surface area (Å²) in [5, 5.41) is 10.1. The third-order valence-electron chi connectivity index (χ3n) is 2.03. The maximum Gasteiger partial charge on any atom is 0.416 e. The predicted octanol–water partition coefficient (Wildman–Crippen LogP) is 1.88. The van der Waals surface area contributed by atoms with Gasteiger partial charge >= 0.3 is 12.1 Å². The lowest BCUT2D eigenvalue weighted by atomic mass is 10.2. The first-order valence-corrected chi connectivity index (χ1v) is 5.16. The molecule has 0 saturated heterocycles. The average Bonchev–Trinajstić information content (AvgIpc) is 2.30. The third-order valence-corrected chi connectivity index (χ3v) is 2.03. The number of amides is 1. The molecule has 20 heavy (non-hydrogen) atoms. The normalized spacial score (nSPS) is 11.2. The minimum Gasteiger partial charge on any atom is -0.480 e. The van der Waals surface area contributed by atoms with Crippen molar-refractivity contribution in [1.82, 2.24) is 0 Å². The van der Waals surface area contributed by atoms with E-state index in [1.54, 1.807) is 0 Å². The molecule has 2 N–H and O–H groups in total. The Hall–Kier alpha value is -2.16. The van der Waals surface area contributed by atoms with Crippen molar-refractivity contribution in [3.8, 4) is 0 Å². The SMILES string of the molecule is O=C(O)COCC(=O)Nc1cc(C(F)(F)F)ccc1F. The van der Waals surface area contributed by atoms with E-state index in [-0.39, 0.29) is 0 Å². The third kappa shape index (κ3) is 4.84. The van der Waals surface area contributed by atoms with Gasteiger partial charge in [-0.25, -0.2) is 9.18 Å². The molecule has 0 spiro atoms. The van der Waals surface area contributed by atoms with Gasteiger partial charge in [-0.3, -0.25) is 4.79 Å². The van der Waals surface area contributed by atoms with Gasteiger partial charge in [0, 0.05) is 0 Å². The molecule has 0 unspecified atom stereocenters. The van der Waals surface area contributed by atoms with Crippen molar-refractivity contribution >= 4 is 17.6 Å². The molecule has 0 fully saturated rings. The largest absolute Gasteiger partial charge is 0.480 e. The fourth-order valence-electron chi connectivity index (χ4n) is 1.21. The molecule has 0 heterocycles. The Kier molecular flexibility index (Phi) is 5.03. The summed E-state index contributed by atoms with van der Waals surface area (Å²) in [6.07, 6.45) is -4.67. The van der Waals surface area contributed by atoms with E-state index in [2.05, 4.69) is 4.74 Å². The Morgan fingerprint density at radius 2 is 1.90 bits per heavy atom. The quantitative estimate of drug-likeness (QED) is 0.813. The molecule has 110 valence electrons. The van der Waals surface area contributed by atoms with E-state index in [0.717, 1.165) is 0 Å². The number of carbonyl (C=O) groups excluding carboxylic acids is 1. The number of carbonyl (C=O) groups is 2. The lowest BCUT2D eigenvalue weighted by Crippen LogP contribution is -2.21. The molecule has 1 amide bonds. The number of alkyl halides is 3. The molecule has 0 aliphatic carbocycles. The van der Waals surface area contributed by atoms with Crippen molar-refractivity contribution in [3.63, 3.8) is 0 Å². The van der Waals surface area contributed by atoms with Crippen molar-refractivity contribution < 1.29 is 37.0 Å². The molecule has 0 saturated carbocycles. The van der Waals surface area contributed by atoms with Gasteiger partial charge in [-0.05, 0) is 18.2 Å². The van der Waals surface area contributed by atoms with Crippen LogP contribution in [0.5, 0.6) is 0 Å². The molecular formula is C11H9F4NO4. The Morgan fingerprint density at radius 1 is 1.25 bits per heavy atom. The molecule has 5 nitrogen and oxygen atoms in total. The van der Waals surface area contributed by atoms with Crippen LogP contribution < -0.4 is 5.32 Å². The van der Waals surface area contributed by atoms with Crippen LogP contribution in [0.25, 0.3) is 0 Å². The van der Waals surface area contributed by atoms with E-state index < -0.39 is 48.3 Å². The number of carboxylic acids is 1. The van der Waals surface area contributed by atoms with Gasteiger partial charge < -0.3 is 15.2 Å². The second-order valence-electron chi connectivity index (χ2n) is 3.63. The highest BCUT2D eigenvalue weighted by Crippen LogP contribution is 2.31. The minimum absolute atomic E-state index is 0.435. The topological polar surface area (TPSA) is 75.6 Å². The number of ether oxygens (including phenoxy) is 1. The first kappa shape index (κ1) is 15.9. The first-order chi connectivity index (χ1) is 9.20. The van der Waals surface area contributed by atoms with Crippen LogP contribution in [-0.2, 0) is 20.5 Å². The second-order valence-corrected chi connectivity index (χ2v) is 3.63. The van der Waals surface area contributed by atoms with Crippen molar-refractivity contribution in [2.45, 2.75) is 6.18 Å². The van der Waals surface area contributed by atoms with Gasteiger partial charge in [0.2, 0.25) is 5.91 Å².